The number of aryl methyl sites for hydroxylation is 1. The third kappa shape index (κ3) is 4.20. The van der Waals surface area contributed by atoms with Crippen molar-refractivity contribution in [2.24, 2.45) is 0 Å². The molecule has 0 N–H and O–H groups in total. The summed E-state index contributed by atoms with van der Waals surface area (Å²) in [7, 11) is -3.17. The number of pyridine rings is 1. The quantitative estimate of drug-likeness (QED) is 0.386. The Labute approximate surface area is 193 Å². The van der Waals surface area contributed by atoms with E-state index in [-0.39, 0.29) is 29.0 Å². The summed E-state index contributed by atoms with van der Waals surface area (Å²) in [6, 6.07) is 3.70. The summed E-state index contributed by atoms with van der Waals surface area (Å²) in [5, 5.41) is 4.91. The highest BCUT2D eigenvalue weighted by molar-refractivity contribution is 7.91. The van der Waals surface area contributed by atoms with Crippen LogP contribution in [0.2, 0.25) is 0 Å². The summed E-state index contributed by atoms with van der Waals surface area (Å²) < 4.78 is 58.1. The number of hydrogen-bond donors (Lipinski definition) is 0. The molecule has 2 aliphatic rings. The van der Waals surface area contributed by atoms with Gasteiger partial charge in [-0.1, -0.05) is 0 Å². The Hall–Kier alpha value is -3.21. The van der Waals surface area contributed by atoms with Crippen molar-refractivity contribution in [1.29, 1.82) is 0 Å². The molecule has 1 saturated carbocycles. The number of carbonyl (C=O) groups excluding carboxylic acids is 2. The largest absolute Gasteiger partial charge is 0.454 e. The summed E-state index contributed by atoms with van der Waals surface area (Å²) in [6.45, 7) is 0.917. The van der Waals surface area contributed by atoms with E-state index in [9.17, 15) is 26.8 Å². The van der Waals surface area contributed by atoms with Crippen molar-refractivity contribution in [1.82, 2.24) is 14.8 Å². The van der Waals surface area contributed by atoms with Gasteiger partial charge in [-0.3, -0.25) is 4.79 Å². The second-order valence-electron chi connectivity index (χ2n) is 8.78. The van der Waals surface area contributed by atoms with Crippen LogP contribution in [0.15, 0.2) is 24.3 Å². The van der Waals surface area contributed by atoms with Gasteiger partial charge in [0.05, 0.1) is 39.8 Å². The maximum atomic E-state index is 13.9. The number of nitrogens with zero attached hydrogens (tertiary/aromatic N) is 3. The number of benzene rings is 1. The molecule has 1 unspecified atom stereocenters. The molecular formula is C23H21F2N3O5S. The molecule has 1 aliphatic carbocycles. The summed E-state index contributed by atoms with van der Waals surface area (Å²) in [5.74, 6) is -3.19. The van der Waals surface area contributed by atoms with Gasteiger partial charge in [-0.2, -0.15) is 5.10 Å². The Morgan fingerprint density at radius 1 is 1.15 bits per heavy atom. The normalized spacial score (nSPS) is 19.4. The van der Waals surface area contributed by atoms with E-state index in [1.165, 1.54) is 0 Å². The first-order chi connectivity index (χ1) is 16.1. The monoisotopic (exact) mass is 489 g/mol. The van der Waals surface area contributed by atoms with Crippen LogP contribution in [-0.2, 0) is 14.6 Å². The van der Waals surface area contributed by atoms with Gasteiger partial charge in [0.15, 0.2) is 22.1 Å². The van der Waals surface area contributed by atoms with E-state index in [0.717, 1.165) is 31.0 Å². The number of ketones is 1. The Bertz CT molecular complexity index is 1450. The van der Waals surface area contributed by atoms with E-state index in [4.69, 9.17) is 9.72 Å². The van der Waals surface area contributed by atoms with Gasteiger partial charge < -0.3 is 4.74 Å². The molecule has 0 amide bonds. The zero-order chi connectivity index (χ0) is 24.2. The number of halogens is 2. The second-order valence-corrected chi connectivity index (χ2v) is 11.0. The standard InChI is InChI=1S/C23H21F2N3O5S/c1-12-21-17(23(30)33-10-20(29)16-8-14(24)4-5-18(16)25)9-19(13-2-3-13)26-22(21)28(27-12)15-6-7-34(31,32)11-15/h4-5,8-9,13,15H,2-3,6-7,10-11H2,1H3. The van der Waals surface area contributed by atoms with Gasteiger partial charge in [0.2, 0.25) is 5.78 Å². The van der Waals surface area contributed by atoms with E-state index >= 15 is 0 Å². The van der Waals surface area contributed by atoms with Crippen LogP contribution >= 0.6 is 0 Å². The lowest BCUT2D eigenvalue weighted by Gasteiger charge is -2.12. The summed E-state index contributed by atoms with van der Waals surface area (Å²) in [5.41, 5.74) is 1.20. The number of carbonyl (C=O) groups is 2. The highest BCUT2D eigenvalue weighted by Crippen LogP contribution is 2.41. The minimum atomic E-state index is -3.17. The highest BCUT2D eigenvalue weighted by atomic mass is 32.2. The van der Waals surface area contributed by atoms with E-state index in [1.54, 1.807) is 17.7 Å². The van der Waals surface area contributed by atoms with Crippen molar-refractivity contribution in [2.45, 2.75) is 38.1 Å². The SMILES string of the molecule is Cc1nn(C2CCS(=O)(=O)C2)c2nc(C3CC3)cc(C(=O)OCC(=O)c3cc(F)ccc3F)c12. The van der Waals surface area contributed by atoms with Crippen LogP contribution in [-0.4, -0.2) is 53.0 Å². The number of hydrogen-bond acceptors (Lipinski definition) is 7. The maximum Gasteiger partial charge on any atom is 0.339 e. The highest BCUT2D eigenvalue weighted by Gasteiger charge is 2.34. The maximum absolute atomic E-state index is 13.9. The Morgan fingerprint density at radius 3 is 2.59 bits per heavy atom. The number of rotatable bonds is 6. The molecule has 0 bridgehead atoms. The van der Waals surface area contributed by atoms with Crippen molar-refractivity contribution < 1.29 is 31.5 Å². The third-order valence-corrected chi connectivity index (χ3v) is 7.94. The molecular weight excluding hydrogens is 468 g/mol. The van der Waals surface area contributed by atoms with Crippen LogP contribution < -0.4 is 0 Å². The van der Waals surface area contributed by atoms with Crippen molar-refractivity contribution in [3.8, 4) is 0 Å². The predicted octanol–water partition coefficient (Wildman–Crippen LogP) is 3.29. The smallest absolute Gasteiger partial charge is 0.339 e. The van der Waals surface area contributed by atoms with Gasteiger partial charge in [-0.05, 0) is 50.5 Å². The van der Waals surface area contributed by atoms with Gasteiger partial charge in [-0.15, -0.1) is 0 Å². The van der Waals surface area contributed by atoms with Crippen LogP contribution in [0.4, 0.5) is 8.78 Å². The molecule has 178 valence electrons. The van der Waals surface area contributed by atoms with Crippen molar-refractivity contribution in [3.63, 3.8) is 0 Å². The van der Waals surface area contributed by atoms with Crippen LogP contribution in [0.1, 0.15) is 63.3 Å². The molecule has 11 heteroatoms. The summed E-state index contributed by atoms with van der Waals surface area (Å²) in [6.07, 6.45) is 2.23. The van der Waals surface area contributed by atoms with Crippen molar-refractivity contribution in [2.75, 3.05) is 18.1 Å². The molecule has 34 heavy (non-hydrogen) atoms. The fourth-order valence-corrected chi connectivity index (χ4v) is 5.99. The molecule has 2 aromatic heterocycles. The molecule has 5 rings (SSSR count). The van der Waals surface area contributed by atoms with E-state index < -0.39 is 45.4 Å². The lowest BCUT2D eigenvalue weighted by Crippen LogP contribution is -2.17. The van der Waals surface area contributed by atoms with Gasteiger partial charge in [0, 0.05) is 11.6 Å². The number of esters is 1. The van der Waals surface area contributed by atoms with E-state index in [0.29, 0.717) is 28.8 Å². The predicted molar refractivity (Wildman–Crippen MR) is 118 cm³/mol. The number of Topliss-reactive ketones (excluding diaryl/α,β-unsaturated/α-hetero) is 1. The number of sulfone groups is 1. The zero-order valence-corrected chi connectivity index (χ0v) is 19.1. The molecule has 1 aromatic carbocycles. The fourth-order valence-electron chi connectivity index (χ4n) is 4.30. The van der Waals surface area contributed by atoms with Gasteiger partial charge in [-0.25, -0.2) is 31.7 Å². The first-order valence-corrected chi connectivity index (χ1v) is 12.7. The zero-order valence-electron chi connectivity index (χ0n) is 18.3. The van der Waals surface area contributed by atoms with E-state index in [2.05, 4.69) is 5.10 Å². The summed E-state index contributed by atoms with van der Waals surface area (Å²) in [4.78, 5) is 30.1. The van der Waals surface area contributed by atoms with Crippen molar-refractivity contribution >= 4 is 32.6 Å². The molecule has 1 atom stereocenters. The number of ether oxygens (including phenoxy) is 1. The first-order valence-electron chi connectivity index (χ1n) is 10.9. The molecule has 0 spiro atoms. The number of fused-ring (bicyclic) bond motifs is 1. The van der Waals surface area contributed by atoms with Gasteiger partial charge in [0.1, 0.15) is 11.6 Å². The van der Waals surface area contributed by atoms with Crippen molar-refractivity contribution in [3.05, 3.63) is 58.4 Å². The van der Waals surface area contributed by atoms with Crippen LogP contribution in [0.5, 0.6) is 0 Å². The van der Waals surface area contributed by atoms with E-state index in [1.807, 2.05) is 0 Å². The minimum absolute atomic E-state index is 0.0496. The van der Waals surface area contributed by atoms with Crippen LogP contribution in [0.25, 0.3) is 11.0 Å². The lowest BCUT2D eigenvalue weighted by atomic mass is 10.1. The first kappa shape index (κ1) is 22.6. The Kier molecular flexibility index (Phi) is 5.46. The average Bonchev–Trinajstić information content (AvgIpc) is 3.51. The Balaban J connectivity index is 1.48. The van der Waals surface area contributed by atoms with Gasteiger partial charge >= 0.3 is 5.97 Å². The fraction of sp³-hybridized carbons (Fsp3) is 0.391. The molecule has 8 nitrogen and oxygen atoms in total. The topological polar surface area (TPSA) is 108 Å². The minimum Gasteiger partial charge on any atom is -0.454 e. The third-order valence-electron chi connectivity index (χ3n) is 6.19. The molecule has 3 aromatic rings. The van der Waals surface area contributed by atoms with Crippen LogP contribution in [0, 0.1) is 18.6 Å². The molecule has 3 heterocycles. The average molecular weight is 490 g/mol. The lowest BCUT2D eigenvalue weighted by molar-refractivity contribution is 0.0475. The molecule has 1 aliphatic heterocycles. The number of aromatic nitrogens is 3. The molecule has 2 fully saturated rings. The Morgan fingerprint density at radius 2 is 1.91 bits per heavy atom. The van der Waals surface area contributed by atoms with Gasteiger partial charge in [0.25, 0.3) is 0 Å². The molecule has 1 saturated heterocycles. The summed E-state index contributed by atoms with van der Waals surface area (Å²) >= 11 is 0. The molecule has 0 radical (unpaired) electrons. The second kappa shape index (κ2) is 8.23. The van der Waals surface area contributed by atoms with Crippen LogP contribution in [0.3, 0.4) is 0 Å².